The lowest BCUT2D eigenvalue weighted by molar-refractivity contribution is 0.411. The molecule has 0 spiro atoms. The summed E-state index contributed by atoms with van der Waals surface area (Å²) in [6.07, 6.45) is 0. The van der Waals surface area contributed by atoms with Crippen molar-refractivity contribution in [2.24, 2.45) is 0 Å². The summed E-state index contributed by atoms with van der Waals surface area (Å²) >= 11 is 1.41. The molecule has 3 aromatic rings. The van der Waals surface area contributed by atoms with Gasteiger partial charge in [0.1, 0.15) is 16.6 Å². The minimum Gasteiger partial charge on any atom is -0.497 e. The highest BCUT2D eigenvalue weighted by molar-refractivity contribution is 7.13. The standard InChI is InChI=1S/C16H13FN2OS/c1-20-12-6-7-13(14(17)8-12)16-19-15(9-21-16)10-2-4-11(18)5-3-10/h2-9H,18H2,1H3. The summed E-state index contributed by atoms with van der Waals surface area (Å²) in [6, 6.07) is 12.2. The highest BCUT2D eigenvalue weighted by atomic mass is 32.1. The topological polar surface area (TPSA) is 48.1 Å². The highest BCUT2D eigenvalue weighted by Crippen LogP contribution is 2.32. The van der Waals surface area contributed by atoms with Crippen LogP contribution in [-0.4, -0.2) is 12.1 Å². The summed E-state index contributed by atoms with van der Waals surface area (Å²) in [4.78, 5) is 4.49. The summed E-state index contributed by atoms with van der Waals surface area (Å²) < 4.78 is 19.1. The summed E-state index contributed by atoms with van der Waals surface area (Å²) in [7, 11) is 1.51. The Morgan fingerprint density at radius 1 is 1.14 bits per heavy atom. The second-order valence-corrected chi connectivity index (χ2v) is 5.36. The minimum atomic E-state index is -0.340. The van der Waals surface area contributed by atoms with Gasteiger partial charge in [0.05, 0.1) is 12.8 Å². The molecule has 0 unspecified atom stereocenters. The van der Waals surface area contributed by atoms with Crippen LogP contribution in [-0.2, 0) is 0 Å². The van der Waals surface area contributed by atoms with Gasteiger partial charge in [-0.15, -0.1) is 11.3 Å². The van der Waals surface area contributed by atoms with Gasteiger partial charge >= 0.3 is 0 Å². The van der Waals surface area contributed by atoms with Crippen LogP contribution in [0.1, 0.15) is 0 Å². The van der Waals surface area contributed by atoms with Gasteiger partial charge in [-0.1, -0.05) is 12.1 Å². The van der Waals surface area contributed by atoms with E-state index in [9.17, 15) is 4.39 Å². The number of benzene rings is 2. The third-order valence-electron chi connectivity index (χ3n) is 3.12. The van der Waals surface area contributed by atoms with E-state index < -0.39 is 0 Å². The molecule has 21 heavy (non-hydrogen) atoms. The van der Waals surface area contributed by atoms with E-state index in [0.717, 1.165) is 11.3 Å². The number of nitrogens with zero attached hydrogens (tertiary/aromatic N) is 1. The van der Waals surface area contributed by atoms with Gasteiger partial charge in [-0.25, -0.2) is 9.37 Å². The Hall–Kier alpha value is -2.40. The van der Waals surface area contributed by atoms with Crippen LogP contribution in [0.5, 0.6) is 5.75 Å². The number of methoxy groups -OCH3 is 1. The molecule has 0 aliphatic rings. The van der Waals surface area contributed by atoms with Crippen LogP contribution in [0.15, 0.2) is 47.8 Å². The molecule has 0 fully saturated rings. The minimum absolute atomic E-state index is 0.340. The van der Waals surface area contributed by atoms with E-state index in [2.05, 4.69) is 4.98 Å². The van der Waals surface area contributed by atoms with E-state index in [0.29, 0.717) is 22.0 Å². The Morgan fingerprint density at radius 2 is 1.90 bits per heavy atom. The first-order chi connectivity index (χ1) is 10.2. The molecule has 2 aromatic carbocycles. The number of thiazole rings is 1. The molecule has 0 atom stereocenters. The molecular formula is C16H13FN2OS. The second kappa shape index (κ2) is 5.54. The van der Waals surface area contributed by atoms with E-state index in [1.165, 1.54) is 24.5 Å². The predicted molar refractivity (Wildman–Crippen MR) is 83.9 cm³/mol. The number of halogens is 1. The molecule has 5 heteroatoms. The monoisotopic (exact) mass is 300 g/mol. The van der Waals surface area contributed by atoms with Crippen molar-refractivity contribution in [3.05, 3.63) is 53.7 Å². The number of aromatic nitrogens is 1. The maximum absolute atomic E-state index is 14.1. The fraction of sp³-hybridized carbons (Fsp3) is 0.0625. The van der Waals surface area contributed by atoms with Gasteiger partial charge in [-0.2, -0.15) is 0 Å². The zero-order valence-electron chi connectivity index (χ0n) is 11.3. The highest BCUT2D eigenvalue weighted by Gasteiger charge is 2.11. The average Bonchev–Trinajstić information content (AvgIpc) is 2.97. The van der Waals surface area contributed by atoms with E-state index in [1.807, 2.05) is 29.6 Å². The van der Waals surface area contributed by atoms with Crippen LogP contribution in [0, 0.1) is 5.82 Å². The third-order valence-corrected chi connectivity index (χ3v) is 3.99. The van der Waals surface area contributed by atoms with Gasteiger partial charge in [0, 0.05) is 28.3 Å². The Labute approximate surface area is 125 Å². The predicted octanol–water partition coefficient (Wildman–Crippen LogP) is 4.21. The Bertz CT molecular complexity index is 768. The molecule has 0 aliphatic heterocycles. The van der Waals surface area contributed by atoms with Crippen molar-refractivity contribution in [1.29, 1.82) is 0 Å². The largest absolute Gasteiger partial charge is 0.497 e. The summed E-state index contributed by atoms with van der Waals surface area (Å²) in [6.45, 7) is 0. The number of hydrogen-bond acceptors (Lipinski definition) is 4. The van der Waals surface area contributed by atoms with Crippen molar-refractivity contribution in [2.45, 2.75) is 0 Å². The molecule has 3 rings (SSSR count). The zero-order chi connectivity index (χ0) is 14.8. The van der Waals surface area contributed by atoms with Crippen LogP contribution in [0.2, 0.25) is 0 Å². The number of nitrogens with two attached hydrogens (primary N) is 1. The van der Waals surface area contributed by atoms with E-state index >= 15 is 0 Å². The van der Waals surface area contributed by atoms with Gasteiger partial charge in [-0.3, -0.25) is 0 Å². The first-order valence-corrected chi connectivity index (χ1v) is 7.20. The molecule has 1 aromatic heterocycles. The quantitative estimate of drug-likeness (QED) is 0.737. The van der Waals surface area contributed by atoms with Crippen LogP contribution < -0.4 is 10.5 Å². The normalized spacial score (nSPS) is 10.6. The van der Waals surface area contributed by atoms with Crippen molar-refractivity contribution in [1.82, 2.24) is 4.98 Å². The van der Waals surface area contributed by atoms with Crippen LogP contribution >= 0.6 is 11.3 Å². The number of ether oxygens (including phenoxy) is 1. The molecule has 2 N–H and O–H groups in total. The zero-order valence-corrected chi connectivity index (χ0v) is 12.2. The second-order valence-electron chi connectivity index (χ2n) is 4.51. The Morgan fingerprint density at radius 3 is 2.57 bits per heavy atom. The number of nitrogen functional groups attached to an aromatic ring is 1. The van der Waals surface area contributed by atoms with Gasteiger partial charge in [0.2, 0.25) is 0 Å². The fourth-order valence-electron chi connectivity index (χ4n) is 1.98. The molecule has 0 amide bonds. The van der Waals surface area contributed by atoms with Gasteiger partial charge < -0.3 is 10.5 Å². The van der Waals surface area contributed by atoms with Crippen molar-refractivity contribution >= 4 is 17.0 Å². The van der Waals surface area contributed by atoms with Crippen LogP contribution in [0.4, 0.5) is 10.1 Å². The average molecular weight is 300 g/mol. The van der Waals surface area contributed by atoms with Gasteiger partial charge in [0.15, 0.2) is 0 Å². The van der Waals surface area contributed by atoms with Crippen LogP contribution in [0.25, 0.3) is 21.8 Å². The molecule has 0 radical (unpaired) electrons. The third kappa shape index (κ3) is 2.73. The Kier molecular flexibility index (Phi) is 3.58. The van der Waals surface area contributed by atoms with E-state index in [-0.39, 0.29) is 5.82 Å². The Balaban J connectivity index is 1.96. The molecule has 106 valence electrons. The lowest BCUT2D eigenvalue weighted by atomic mass is 10.1. The summed E-state index contributed by atoms with van der Waals surface area (Å²) in [5.74, 6) is 0.152. The molecular weight excluding hydrogens is 287 g/mol. The fourth-order valence-corrected chi connectivity index (χ4v) is 2.84. The number of anilines is 1. The first-order valence-electron chi connectivity index (χ1n) is 6.33. The maximum Gasteiger partial charge on any atom is 0.137 e. The van der Waals surface area contributed by atoms with Gasteiger partial charge in [-0.05, 0) is 24.3 Å². The summed E-state index contributed by atoms with van der Waals surface area (Å²) in [5.41, 5.74) is 8.62. The first kappa shape index (κ1) is 13.6. The molecule has 1 heterocycles. The van der Waals surface area contributed by atoms with Crippen molar-refractivity contribution in [3.8, 4) is 27.6 Å². The smallest absolute Gasteiger partial charge is 0.137 e. The van der Waals surface area contributed by atoms with E-state index in [4.69, 9.17) is 10.5 Å². The SMILES string of the molecule is COc1ccc(-c2nc(-c3ccc(N)cc3)cs2)c(F)c1. The summed E-state index contributed by atoms with van der Waals surface area (Å²) in [5, 5.41) is 2.55. The molecule has 0 saturated heterocycles. The molecule has 3 nitrogen and oxygen atoms in total. The van der Waals surface area contributed by atoms with Gasteiger partial charge in [0.25, 0.3) is 0 Å². The van der Waals surface area contributed by atoms with Crippen molar-refractivity contribution in [3.63, 3.8) is 0 Å². The lowest BCUT2D eigenvalue weighted by Gasteiger charge is -2.03. The van der Waals surface area contributed by atoms with E-state index in [1.54, 1.807) is 12.1 Å². The van der Waals surface area contributed by atoms with Crippen molar-refractivity contribution in [2.75, 3.05) is 12.8 Å². The molecule has 0 aliphatic carbocycles. The van der Waals surface area contributed by atoms with Crippen molar-refractivity contribution < 1.29 is 9.13 Å². The van der Waals surface area contributed by atoms with Crippen LogP contribution in [0.3, 0.4) is 0 Å². The number of hydrogen-bond donors (Lipinski definition) is 1. The molecule has 0 bridgehead atoms. The molecule has 0 saturated carbocycles. The number of rotatable bonds is 3. The maximum atomic E-state index is 14.1. The lowest BCUT2D eigenvalue weighted by Crippen LogP contribution is -1.88.